The Labute approximate surface area is 103 Å². The zero-order chi connectivity index (χ0) is 12.3. The van der Waals surface area contributed by atoms with Crippen molar-refractivity contribution >= 4 is 29.2 Å². The van der Waals surface area contributed by atoms with Crippen LogP contribution in [0.1, 0.15) is 9.67 Å². The minimum atomic E-state index is -0.317. The van der Waals surface area contributed by atoms with E-state index in [4.69, 9.17) is 4.74 Å². The van der Waals surface area contributed by atoms with Gasteiger partial charge in [0.2, 0.25) is 5.91 Å². The molecule has 1 saturated heterocycles. The smallest absolute Gasteiger partial charge is 0.244 e. The average molecular weight is 254 g/mol. The van der Waals surface area contributed by atoms with Gasteiger partial charge in [-0.1, -0.05) is 0 Å². The molecular formula is C11H14N2O3S. The Morgan fingerprint density at radius 2 is 2.53 bits per heavy atom. The number of nitrogens with zero attached hydrogens (tertiary/aromatic N) is 1. The summed E-state index contributed by atoms with van der Waals surface area (Å²) in [5.74, 6) is -0.0662. The van der Waals surface area contributed by atoms with E-state index in [-0.39, 0.29) is 11.9 Å². The number of rotatable bonds is 3. The lowest BCUT2D eigenvalue weighted by Gasteiger charge is -2.35. The summed E-state index contributed by atoms with van der Waals surface area (Å²) in [7, 11) is 1.61. The third kappa shape index (κ3) is 2.48. The van der Waals surface area contributed by atoms with Crippen molar-refractivity contribution < 1.29 is 14.3 Å². The van der Waals surface area contributed by atoms with E-state index in [1.165, 1.54) is 11.3 Å². The van der Waals surface area contributed by atoms with E-state index < -0.39 is 0 Å². The SMILES string of the molecule is CNC(=O)C1COCCN1c1csc(C=O)c1. The molecule has 2 heterocycles. The third-order valence-corrected chi connectivity index (χ3v) is 3.58. The van der Waals surface area contributed by atoms with Gasteiger partial charge in [-0.25, -0.2) is 0 Å². The molecule has 1 atom stereocenters. The Balaban J connectivity index is 2.20. The van der Waals surface area contributed by atoms with Crippen molar-refractivity contribution in [1.29, 1.82) is 0 Å². The zero-order valence-electron chi connectivity index (χ0n) is 9.51. The van der Waals surface area contributed by atoms with Crippen LogP contribution >= 0.6 is 11.3 Å². The number of morpholine rings is 1. The molecule has 1 fully saturated rings. The molecule has 0 bridgehead atoms. The molecule has 17 heavy (non-hydrogen) atoms. The van der Waals surface area contributed by atoms with Gasteiger partial charge in [0, 0.05) is 24.7 Å². The maximum atomic E-state index is 11.7. The van der Waals surface area contributed by atoms with Crippen LogP contribution in [0, 0.1) is 0 Å². The number of likely N-dealkylation sites (N-methyl/N-ethyl adjacent to an activating group) is 1. The van der Waals surface area contributed by atoms with E-state index in [1.54, 1.807) is 13.1 Å². The fourth-order valence-electron chi connectivity index (χ4n) is 1.85. The first-order chi connectivity index (χ1) is 8.26. The van der Waals surface area contributed by atoms with Crippen molar-refractivity contribution in [2.75, 3.05) is 31.7 Å². The van der Waals surface area contributed by atoms with Crippen LogP contribution in [-0.2, 0) is 9.53 Å². The van der Waals surface area contributed by atoms with Crippen molar-refractivity contribution in [1.82, 2.24) is 5.32 Å². The lowest BCUT2D eigenvalue weighted by Crippen LogP contribution is -2.53. The highest BCUT2D eigenvalue weighted by Gasteiger charge is 2.29. The van der Waals surface area contributed by atoms with E-state index in [2.05, 4.69) is 5.32 Å². The second-order valence-electron chi connectivity index (χ2n) is 3.72. The summed E-state index contributed by atoms with van der Waals surface area (Å²) in [5, 5.41) is 4.52. The number of ether oxygens (including phenoxy) is 1. The van der Waals surface area contributed by atoms with Crippen molar-refractivity contribution in [3.63, 3.8) is 0 Å². The largest absolute Gasteiger partial charge is 0.377 e. The predicted molar refractivity (Wildman–Crippen MR) is 65.7 cm³/mol. The van der Waals surface area contributed by atoms with Crippen molar-refractivity contribution in [2.45, 2.75) is 6.04 Å². The molecule has 1 aliphatic heterocycles. The Morgan fingerprint density at radius 3 is 3.18 bits per heavy atom. The maximum absolute atomic E-state index is 11.7. The fraction of sp³-hybridized carbons (Fsp3) is 0.455. The van der Waals surface area contributed by atoms with Gasteiger partial charge in [-0.2, -0.15) is 0 Å². The van der Waals surface area contributed by atoms with Gasteiger partial charge in [-0.3, -0.25) is 9.59 Å². The minimum absolute atomic E-state index is 0.0662. The second kappa shape index (κ2) is 5.29. The van der Waals surface area contributed by atoms with E-state index in [1.807, 2.05) is 10.3 Å². The molecule has 0 aromatic carbocycles. The number of aldehydes is 1. The maximum Gasteiger partial charge on any atom is 0.244 e. The second-order valence-corrected chi connectivity index (χ2v) is 4.67. The molecule has 5 nitrogen and oxygen atoms in total. The number of nitrogens with one attached hydrogen (secondary N) is 1. The van der Waals surface area contributed by atoms with E-state index >= 15 is 0 Å². The van der Waals surface area contributed by atoms with E-state index in [0.29, 0.717) is 24.6 Å². The molecule has 6 heteroatoms. The van der Waals surface area contributed by atoms with Crippen molar-refractivity contribution in [3.8, 4) is 0 Å². The first-order valence-electron chi connectivity index (χ1n) is 5.36. The molecule has 2 rings (SSSR count). The van der Waals surface area contributed by atoms with Crippen LogP contribution in [0.5, 0.6) is 0 Å². The molecule has 0 saturated carbocycles. The summed E-state index contributed by atoms with van der Waals surface area (Å²) in [5.41, 5.74) is 0.911. The third-order valence-electron chi connectivity index (χ3n) is 2.73. The number of amides is 1. The van der Waals surface area contributed by atoms with Crippen molar-refractivity contribution in [3.05, 3.63) is 16.3 Å². The highest BCUT2D eigenvalue weighted by molar-refractivity contribution is 7.12. The van der Waals surface area contributed by atoms with Crippen LogP contribution in [0.2, 0.25) is 0 Å². The number of thiophene rings is 1. The van der Waals surface area contributed by atoms with Gasteiger partial charge in [0.05, 0.1) is 18.1 Å². The highest BCUT2D eigenvalue weighted by Crippen LogP contribution is 2.25. The topological polar surface area (TPSA) is 58.6 Å². The molecule has 1 aliphatic rings. The summed E-state index contributed by atoms with van der Waals surface area (Å²) in [6.07, 6.45) is 0.823. The Kier molecular flexibility index (Phi) is 3.75. The molecule has 1 aromatic rings. The standard InChI is InChI=1S/C11H14N2O3S/c1-12-11(15)10-6-16-3-2-13(10)8-4-9(5-14)17-7-8/h4-5,7,10H,2-3,6H2,1H3,(H,12,15). The lowest BCUT2D eigenvalue weighted by atomic mass is 10.2. The van der Waals surface area contributed by atoms with E-state index in [0.717, 1.165) is 12.0 Å². The lowest BCUT2D eigenvalue weighted by molar-refractivity contribution is -0.124. The average Bonchev–Trinajstić information content (AvgIpc) is 2.86. The van der Waals surface area contributed by atoms with Crippen LogP contribution < -0.4 is 10.2 Å². The highest BCUT2D eigenvalue weighted by atomic mass is 32.1. The Hall–Kier alpha value is -1.40. The molecule has 1 amide bonds. The van der Waals surface area contributed by atoms with Gasteiger partial charge in [-0.15, -0.1) is 11.3 Å². The van der Waals surface area contributed by atoms with Gasteiger partial charge in [0.15, 0.2) is 6.29 Å². The number of carbonyl (C=O) groups is 2. The molecule has 0 spiro atoms. The van der Waals surface area contributed by atoms with Crippen LogP contribution in [0.4, 0.5) is 5.69 Å². The summed E-state index contributed by atoms with van der Waals surface area (Å²) in [4.78, 5) is 25.0. The Bertz CT molecular complexity index is 419. The molecule has 1 N–H and O–H groups in total. The predicted octanol–water partition coefficient (Wildman–Crippen LogP) is 0.512. The van der Waals surface area contributed by atoms with Crippen LogP contribution in [0.25, 0.3) is 0 Å². The first kappa shape index (κ1) is 12.1. The molecule has 0 aliphatic carbocycles. The first-order valence-corrected chi connectivity index (χ1v) is 6.24. The minimum Gasteiger partial charge on any atom is -0.377 e. The number of hydrogen-bond donors (Lipinski definition) is 1. The van der Waals surface area contributed by atoms with Gasteiger partial charge in [-0.05, 0) is 6.07 Å². The van der Waals surface area contributed by atoms with Gasteiger partial charge in [0.1, 0.15) is 6.04 Å². The monoisotopic (exact) mass is 254 g/mol. The van der Waals surface area contributed by atoms with Gasteiger partial charge < -0.3 is 15.0 Å². The normalized spacial score (nSPS) is 20.1. The summed E-state index contributed by atoms with van der Waals surface area (Å²) >= 11 is 1.38. The molecule has 92 valence electrons. The molecular weight excluding hydrogens is 240 g/mol. The fourth-order valence-corrected chi connectivity index (χ4v) is 2.56. The molecule has 0 radical (unpaired) electrons. The van der Waals surface area contributed by atoms with E-state index in [9.17, 15) is 9.59 Å². The summed E-state index contributed by atoms with van der Waals surface area (Å²) < 4.78 is 5.32. The van der Waals surface area contributed by atoms with Crippen LogP contribution in [0.15, 0.2) is 11.4 Å². The number of carbonyl (C=O) groups excluding carboxylic acids is 2. The quantitative estimate of drug-likeness (QED) is 0.799. The molecule has 1 unspecified atom stereocenters. The van der Waals surface area contributed by atoms with Gasteiger partial charge in [0.25, 0.3) is 0 Å². The summed E-state index contributed by atoms with van der Waals surface area (Å²) in [6, 6.07) is 1.49. The number of hydrogen-bond acceptors (Lipinski definition) is 5. The van der Waals surface area contributed by atoms with Crippen LogP contribution in [0.3, 0.4) is 0 Å². The summed E-state index contributed by atoms with van der Waals surface area (Å²) in [6.45, 7) is 1.64. The Morgan fingerprint density at radius 1 is 1.71 bits per heavy atom. The zero-order valence-corrected chi connectivity index (χ0v) is 10.3. The van der Waals surface area contributed by atoms with Gasteiger partial charge >= 0.3 is 0 Å². The van der Waals surface area contributed by atoms with Crippen molar-refractivity contribution in [2.24, 2.45) is 0 Å². The number of anilines is 1. The molecule has 1 aromatic heterocycles. The van der Waals surface area contributed by atoms with Crippen LogP contribution in [-0.4, -0.2) is 45.0 Å².